The molecule has 0 atom stereocenters. The van der Waals surface area contributed by atoms with Crippen molar-refractivity contribution in [2.75, 3.05) is 31.1 Å². The molecule has 4 nitrogen and oxygen atoms in total. The van der Waals surface area contributed by atoms with Crippen LogP contribution in [0.3, 0.4) is 0 Å². The number of anilines is 1. The molecule has 2 rings (SSSR count). The van der Waals surface area contributed by atoms with Gasteiger partial charge in [-0.1, -0.05) is 13.8 Å². The molecule has 6 heteroatoms. The summed E-state index contributed by atoms with van der Waals surface area (Å²) in [7, 11) is 0. The van der Waals surface area contributed by atoms with Crippen molar-refractivity contribution >= 4 is 39.3 Å². The average molecular weight is 296 g/mol. The van der Waals surface area contributed by atoms with Crippen LogP contribution in [0, 0.1) is 6.92 Å². The van der Waals surface area contributed by atoms with E-state index in [9.17, 15) is 0 Å². The minimum atomic E-state index is 0.375. The zero-order chi connectivity index (χ0) is 13.8. The number of fused-ring (bicyclic) bond motifs is 1. The predicted molar refractivity (Wildman–Crippen MR) is 85.1 cm³/mol. The molecule has 0 aliphatic heterocycles. The molecular formula is C13H20N4S2. The second-order valence-corrected chi connectivity index (χ2v) is 6.66. The van der Waals surface area contributed by atoms with Gasteiger partial charge in [-0.05, 0) is 26.1 Å². The van der Waals surface area contributed by atoms with Gasteiger partial charge in [0.1, 0.15) is 9.86 Å². The number of thioether (sulfide) groups is 1. The van der Waals surface area contributed by atoms with E-state index in [1.165, 1.54) is 4.88 Å². The molecule has 0 amide bonds. The normalized spacial score (nSPS) is 11.6. The molecule has 0 aliphatic rings. The number of nitrogen functional groups attached to an aromatic ring is 1. The van der Waals surface area contributed by atoms with E-state index in [-0.39, 0.29) is 0 Å². The highest BCUT2D eigenvalue weighted by Gasteiger charge is 2.10. The Morgan fingerprint density at radius 3 is 2.74 bits per heavy atom. The van der Waals surface area contributed by atoms with E-state index in [1.807, 2.05) is 0 Å². The van der Waals surface area contributed by atoms with Crippen LogP contribution in [0.15, 0.2) is 11.1 Å². The van der Waals surface area contributed by atoms with E-state index < -0.39 is 0 Å². The van der Waals surface area contributed by atoms with Gasteiger partial charge in [-0.3, -0.25) is 0 Å². The van der Waals surface area contributed by atoms with E-state index in [2.05, 4.69) is 41.7 Å². The van der Waals surface area contributed by atoms with Crippen LogP contribution in [0.25, 0.3) is 10.2 Å². The second kappa shape index (κ2) is 6.54. The Kier molecular flexibility index (Phi) is 5.01. The van der Waals surface area contributed by atoms with Gasteiger partial charge in [0.25, 0.3) is 0 Å². The largest absolute Gasteiger partial charge is 0.368 e. The summed E-state index contributed by atoms with van der Waals surface area (Å²) in [5.74, 6) is 1.40. The molecule has 19 heavy (non-hydrogen) atoms. The Balaban J connectivity index is 2.11. The molecule has 104 valence electrons. The van der Waals surface area contributed by atoms with Gasteiger partial charge in [-0.15, -0.1) is 23.1 Å². The molecule has 0 spiro atoms. The van der Waals surface area contributed by atoms with Crippen LogP contribution in [-0.4, -0.2) is 40.3 Å². The van der Waals surface area contributed by atoms with Gasteiger partial charge < -0.3 is 10.6 Å². The Morgan fingerprint density at radius 2 is 2.05 bits per heavy atom. The third kappa shape index (κ3) is 3.58. The second-order valence-electron chi connectivity index (χ2n) is 4.34. The van der Waals surface area contributed by atoms with Crippen molar-refractivity contribution in [1.29, 1.82) is 0 Å². The van der Waals surface area contributed by atoms with E-state index >= 15 is 0 Å². The van der Waals surface area contributed by atoms with Gasteiger partial charge in [-0.2, -0.15) is 0 Å². The van der Waals surface area contributed by atoms with Crippen molar-refractivity contribution in [3.63, 3.8) is 0 Å². The van der Waals surface area contributed by atoms with Crippen molar-refractivity contribution in [2.24, 2.45) is 0 Å². The van der Waals surface area contributed by atoms with Gasteiger partial charge in [0.05, 0.1) is 0 Å². The van der Waals surface area contributed by atoms with Crippen LogP contribution < -0.4 is 5.73 Å². The van der Waals surface area contributed by atoms with E-state index in [4.69, 9.17) is 5.73 Å². The molecule has 0 saturated heterocycles. The summed E-state index contributed by atoms with van der Waals surface area (Å²) < 4.78 is 0. The summed E-state index contributed by atoms with van der Waals surface area (Å²) in [6.45, 7) is 9.74. The number of nitrogens with zero attached hydrogens (tertiary/aromatic N) is 3. The molecule has 2 N–H and O–H groups in total. The molecule has 2 heterocycles. The highest BCUT2D eigenvalue weighted by atomic mass is 32.2. The quantitative estimate of drug-likeness (QED) is 0.656. The SMILES string of the molecule is CCN(CC)CCSc1nc(N)nc2sc(C)cc12. The van der Waals surface area contributed by atoms with Crippen molar-refractivity contribution < 1.29 is 0 Å². The van der Waals surface area contributed by atoms with Gasteiger partial charge in [0.15, 0.2) is 0 Å². The van der Waals surface area contributed by atoms with E-state index in [0.29, 0.717) is 5.95 Å². The first-order valence-electron chi connectivity index (χ1n) is 6.52. The van der Waals surface area contributed by atoms with E-state index in [1.54, 1.807) is 23.1 Å². The number of thiophene rings is 1. The third-order valence-electron chi connectivity index (χ3n) is 3.04. The first kappa shape index (κ1) is 14.6. The summed E-state index contributed by atoms with van der Waals surface area (Å²) in [5.41, 5.74) is 5.78. The summed E-state index contributed by atoms with van der Waals surface area (Å²) in [6.07, 6.45) is 0. The zero-order valence-corrected chi connectivity index (χ0v) is 13.3. The lowest BCUT2D eigenvalue weighted by Gasteiger charge is -2.17. The topological polar surface area (TPSA) is 55.0 Å². The molecule has 2 aromatic rings. The maximum absolute atomic E-state index is 5.78. The molecule has 0 saturated carbocycles. The van der Waals surface area contributed by atoms with Gasteiger partial charge in [0, 0.05) is 22.6 Å². The third-order valence-corrected chi connectivity index (χ3v) is 4.95. The lowest BCUT2D eigenvalue weighted by molar-refractivity contribution is 0.324. The first-order valence-corrected chi connectivity index (χ1v) is 8.33. The number of aromatic nitrogens is 2. The molecule has 2 aromatic heterocycles. The number of rotatable bonds is 6. The maximum atomic E-state index is 5.78. The smallest absolute Gasteiger partial charge is 0.222 e. The maximum Gasteiger partial charge on any atom is 0.222 e. The van der Waals surface area contributed by atoms with Crippen molar-refractivity contribution in [3.05, 3.63) is 10.9 Å². The Morgan fingerprint density at radius 1 is 1.32 bits per heavy atom. The molecule has 0 bridgehead atoms. The van der Waals surface area contributed by atoms with Crippen LogP contribution in [0.5, 0.6) is 0 Å². The Hall–Kier alpha value is -0.850. The first-order chi connectivity index (χ1) is 9.13. The minimum Gasteiger partial charge on any atom is -0.368 e. The summed E-state index contributed by atoms with van der Waals surface area (Å²) >= 11 is 3.44. The zero-order valence-electron chi connectivity index (χ0n) is 11.6. The number of nitrogens with two attached hydrogens (primary N) is 1. The molecule has 0 aromatic carbocycles. The fourth-order valence-electron chi connectivity index (χ4n) is 1.95. The lowest BCUT2D eigenvalue weighted by atomic mass is 10.4. The standard InChI is InChI=1S/C13H20N4S2/c1-4-17(5-2)6-7-18-11-10-8-9(3)19-12(10)16-13(14)15-11/h8H,4-7H2,1-3H3,(H2,14,15,16). The predicted octanol–water partition coefficient (Wildman–Crippen LogP) is 3.02. The van der Waals surface area contributed by atoms with Crippen LogP contribution in [0.1, 0.15) is 18.7 Å². The van der Waals surface area contributed by atoms with Gasteiger partial charge in [0.2, 0.25) is 5.95 Å². The van der Waals surface area contributed by atoms with Crippen molar-refractivity contribution in [3.8, 4) is 0 Å². The van der Waals surface area contributed by atoms with Gasteiger partial charge in [-0.25, -0.2) is 9.97 Å². The fraction of sp³-hybridized carbons (Fsp3) is 0.538. The van der Waals surface area contributed by atoms with Crippen LogP contribution in [0.2, 0.25) is 0 Å². The lowest BCUT2D eigenvalue weighted by Crippen LogP contribution is -2.25. The minimum absolute atomic E-state index is 0.375. The highest BCUT2D eigenvalue weighted by molar-refractivity contribution is 7.99. The van der Waals surface area contributed by atoms with E-state index in [0.717, 1.165) is 40.6 Å². The molecular weight excluding hydrogens is 276 g/mol. The monoisotopic (exact) mass is 296 g/mol. The summed E-state index contributed by atoms with van der Waals surface area (Å²) in [4.78, 5) is 13.3. The average Bonchev–Trinajstić information content (AvgIpc) is 2.74. The Labute approximate surface area is 122 Å². The molecule has 0 unspecified atom stereocenters. The molecule has 0 fully saturated rings. The van der Waals surface area contributed by atoms with Crippen LogP contribution >= 0.6 is 23.1 Å². The summed E-state index contributed by atoms with van der Waals surface area (Å²) in [5, 5.41) is 2.15. The fourth-order valence-corrected chi connectivity index (χ4v) is 3.92. The van der Waals surface area contributed by atoms with Gasteiger partial charge >= 0.3 is 0 Å². The number of aryl methyl sites for hydroxylation is 1. The highest BCUT2D eigenvalue weighted by Crippen LogP contribution is 2.31. The molecule has 0 aliphatic carbocycles. The summed E-state index contributed by atoms with van der Waals surface area (Å²) in [6, 6.07) is 2.15. The number of hydrogen-bond acceptors (Lipinski definition) is 6. The van der Waals surface area contributed by atoms with Crippen molar-refractivity contribution in [2.45, 2.75) is 25.8 Å². The van der Waals surface area contributed by atoms with Crippen LogP contribution in [-0.2, 0) is 0 Å². The number of hydrogen-bond donors (Lipinski definition) is 1. The van der Waals surface area contributed by atoms with Crippen molar-refractivity contribution in [1.82, 2.24) is 14.9 Å². The molecule has 0 radical (unpaired) electrons. The Bertz CT molecular complexity index is 549. The van der Waals surface area contributed by atoms with Crippen LogP contribution in [0.4, 0.5) is 5.95 Å².